The molecule has 7 nitrogen and oxygen atoms in total. The predicted molar refractivity (Wildman–Crippen MR) is 79.1 cm³/mol. The molecule has 120 valence electrons. The van der Waals surface area contributed by atoms with E-state index in [1.54, 1.807) is 13.1 Å². The third kappa shape index (κ3) is 2.39. The maximum atomic E-state index is 12.4. The number of rotatable bonds is 3. The molecule has 2 fully saturated rings. The normalized spacial score (nSPS) is 28.2. The molecule has 2 aliphatic heterocycles. The molecular formula is C15H22N4O3. The van der Waals surface area contributed by atoms with Crippen LogP contribution in [0.25, 0.3) is 0 Å². The zero-order valence-corrected chi connectivity index (χ0v) is 13.2. The lowest BCUT2D eigenvalue weighted by atomic mass is 10.0. The Labute approximate surface area is 129 Å². The Morgan fingerprint density at radius 3 is 2.77 bits per heavy atom. The zero-order chi connectivity index (χ0) is 15.9. The Bertz CT molecular complexity index is 557. The van der Waals surface area contributed by atoms with Gasteiger partial charge in [-0.05, 0) is 26.2 Å². The molecule has 1 aromatic rings. The molecule has 0 aromatic carbocycles. The van der Waals surface area contributed by atoms with Gasteiger partial charge in [0, 0.05) is 38.3 Å². The Morgan fingerprint density at radius 2 is 2.18 bits per heavy atom. The number of fused-ring (bicyclic) bond motifs is 1. The van der Waals surface area contributed by atoms with Crippen LogP contribution in [0.4, 0.5) is 0 Å². The van der Waals surface area contributed by atoms with Crippen molar-refractivity contribution in [3.63, 3.8) is 0 Å². The topological polar surface area (TPSA) is 78.7 Å². The third-order valence-electron chi connectivity index (χ3n) is 4.76. The maximum absolute atomic E-state index is 12.4. The van der Waals surface area contributed by atoms with E-state index in [9.17, 15) is 9.59 Å². The molecule has 0 aliphatic carbocycles. The van der Waals surface area contributed by atoms with Crippen LogP contribution >= 0.6 is 0 Å². The van der Waals surface area contributed by atoms with Crippen LogP contribution in [-0.2, 0) is 4.79 Å². The molecule has 2 aliphatic rings. The predicted octanol–water partition coefficient (Wildman–Crippen LogP) is 0.344. The first-order valence-electron chi connectivity index (χ1n) is 7.72. The van der Waals surface area contributed by atoms with Crippen molar-refractivity contribution in [2.24, 2.45) is 5.92 Å². The van der Waals surface area contributed by atoms with Crippen molar-refractivity contribution in [1.29, 1.82) is 0 Å². The molecule has 3 heterocycles. The molecule has 0 spiro atoms. The molecule has 3 atom stereocenters. The SMILES string of the molecule is CNC(=O)[C@@H]1C[C@H]2CN(C(=O)c3ccno3)C[C@H]2N1C(C)C. The number of aromatic nitrogens is 1. The number of nitrogens with one attached hydrogen (secondary N) is 1. The molecule has 0 radical (unpaired) electrons. The zero-order valence-electron chi connectivity index (χ0n) is 13.2. The van der Waals surface area contributed by atoms with Gasteiger partial charge < -0.3 is 14.7 Å². The molecule has 2 amide bonds. The fraction of sp³-hybridized carbons (Fsp3) is 0.667. The molecule has 0 bridgehead atoms. The van der Waals surface area contributed by atoms with Gasteiger partial charge in [-0.1, -0.05) is 5.16 Å². The quantitative estimate of drug-likeness (QED) is 0.871. The molecule has 0 saturated carbocycles. The number of carbonyl (C=O) groups is 2. The van der Waals surface area contributed by atoms with E-state index in [-0.39, 0.29) is 35.7 Å². The minimum Gasteiger partial charge on any atom is -0.358 e. The van der Waals surface area contributed by atoms with Gasteiger partial charge in [0.15, 0.2) is 0 Å². The first-order valence-corrected chi connectivity index (χ1v) is 7.72. The summed E-state index contributed by atoms with van der Waals surface area (Å²) in [5.74, 6) is 0.554. The number of hydrogen-bond acceptors (Lipinski definition) is 5. The lowest BCUT2D eigenvalue weighted by Gasteiger charge is -2.32. The Morgan fingerprint density at radius 1 is 1.41 bits per heavy atom. The average Bonchev–Trinajstić information content (AvgIpc) is 3.19. The maximum Gasteiger partial charge on any atom is 0.292 e. The summed E-state index contributed by atoms with van der Waals surface area (Å²) in [5, 5.41) is 6.34. The molecule has 1 N–H and O–H groups in total. The van der Waals surface area contributed by atoms with Crippen LogP contribution in [0.2, 0.25) is 0 Å². The second-order valence-corrected chi connectivity index (χ2v) is 6.32. The van der Waals surface area contributed by atoms with Crippen LogP contribution in [0, 0.1) is 5.92 Å². The van der Waals surface area contributed by atoms with Gasteiger partial charge >= 0.3 is 0 Å². The Kier molecular flexibility index (Phi) is 3.90. The molecule has 2 saturated heterocycles. The summed E-state index contributed by atoms with van der Waals surface area (Å²) in [7, 11) is 1.68. The van der Waals surface area contributed by atoms with Crippen molar-refractivity contribution in [3.8, 4) is 0 Å². The first-order chi connectivity index (χ1) is 10.5. The molecule has 22 heavy (non-hydrogen) atoms. The Balaban J connectivity index is 1.75. The van der Waals surface area contributed by atoms with Crippen molar-refractivity contribution < 1.29 is 14.1 Å². The molecule has 7 heteroatoms. The van der Waals surface area contributed by atoms with Gasteiger partial charge in [-0.3, -0.25) is 14.5 Å². The summed E-state index contributed by atoms with van der Waals surface area (Å²) in [6, 6.07) is 1.98. The largest absolute Gasteiger partial charge is 0.358 e. The molecule has 1 aromatic heterocycles. The van der Waals surface area contributed by atoms with E-state index in [1.807, 2.05) is 4.90 Å². The number of hydrogen-bond donors (Lipinski definition) is 1. The minimum absolute atomic E-state index is 0.0659. The highest BCUT2D eigenvalue weighted by Crippen LogP contribution is 2.37. The number of nitrogens with zero attached hydrogens (tertiary/aromatic N) is 3. The standard InChI is InChI=1S/C15H22N4O3/c1-9(2)19-11(14(20)16-3)6-10-7-18(8-12(10)19)15(21)13-4-5-17-22-13/h4-5,9-12H,6-8H2,1-3H3,(H,16,20)/t10-,11-,12+/m0/s1. The summed E-state index contributed by atoms with van der Waals surface area (Å²) >= 11 is 0. The first kappa shape index (κ1) is 15.0. The fourth-order valence-electron chi connectivity index (χ4n) is 3.86. The van der Waals surface area contributed by atoms with E-state index in [0.29, 0.717) is 19.0 Å². The van der Waals surface area contributed by atoms with E-state index < -0.39 is 0 Å². The second-order valence-electron chi connectivity index (χ2n) is 6.32. The van der Waals surface area contributed by atoms with E-state index in [4.69, 9.17) is 4.52 Å². The highest BCUT2D eigenvalue weighted by Gasteiger charge is 2.50. The van der Waals surface area contributed by atoms with Gasteiger partial charge in [-0.15, -0.1) is 0 Å². The van der Waals surface area contributed by atoms with E-state index in [0.717, 1.165) is 6.42 Å². The molecule has 3 rings (SSSR count). The van der Waals surface area contributed by atoms with Crippen molar-refractivity contribution in [3.05, 3.63) is 18.0 Å². The van der Waals surface area contributed by atoms with Crippen molar-refractivity contribution >= 4 is 11.8 Å². The van der Waals surface area contributed by atoms with Gasteiger partial charge in [0.1, 0.15) is 0 Å². The summed E-state index contributed by atoms with van der Waals surface area (Å²) in [5.41, 5.74) is 0. The fourth-order valence-corrected chi connectivity index (χ4v) is 3.86. The Hall–Kier alpha value is -1.89. The van der Waals surface area contributed by atoms with Crippen molar-refractivity contribution in [2.75, 3.05) is 20.1 Å². The highest BCUT2D eigenvalue weighted by molar-refractivity contribution is 5.91. The summed E-state index contributed by atoms with van der Waals surface area (Å²) in [4.78, 5) is 28.5. The van der Waals surface area contributed by atoms with Gasteiger partial charge in [0.2, 0.25) is 11.7 Å². The van der Waals surface area contributed by atoms with Gasteiger partial charge in [0.05, 0.1) is 12.2 Å². The van der Waals surface area contributed by atoms with Crippen molar-refractivity contribution in [2.45, 2.75) is 38.4 Å². The van der Waals surface area contributed by atoms with E-state index in [2.05, 4.69) is 29.2 Å². The van der Waals surface area contributed by atoms with Gasteiger partial charge in [-0.2, -0.15) is 0 Å². The summed E-state index contributed by atoms with van der Waals surface area (Å²) < 4.78 is 4.96. The second kappa shape index (κ2) is 5.72. The number of likely N-dealkylation sites (tertiary alicyclic amines) is 2. The van der Waals surface area contributed by atoms with Crippen LogP contribution < -0.4 is 5.32 Å². The number of amides is 2. The van der Waals surface area contributed by atoms with E-state index >= 15 is 0 Å². The summed E-state index contributed by atoms with van der Waals surface area (Å²) in [6.45, 7) is 5.50. The molecular weight excluding hydrogens is 284 g/mol. The van der Waals surface area contributed by atoms with Crippen molar-refractivity contribution in [1.82, 2.24) is 20.3 Å². The number of carbonyl (C=O) groups excluding carboxylic acids is 2. The van der Waals surface area contributed by atoms with Crippen LogP contribution in [0.3, 0.4) is 0 Å². The van der Waals surface area contributed by atoms with Crippen LogP contribution in [0.15, 0.2) is 16.8 Å². The lowest BCUT2D eigenvalue weighted by molar-refractivity contribution is -0.126. The minimum atomic E-state index is -0.118. The average molecular weight is 306 g/mol. The molecule has 0 unspecified atom stereocenters. The lowest BCUT2D eigenvalue weighted by Crippen LogP contribution is -2.50. The van der Waals surface area contributed by atoms with Gasteiger partial charge in [0.25, 0.3) is 5.91 Å². The highest BCUT2D eigenvalue weighted by atomic mass is 16.5. The summed E-state index contributed by atoms with van der Waals surface area (Å²) in [6.07, 6.45) is 2.27. The number of likely N-dealkylation sites (N-methyl/N-ethyl adjacent to an activating group) is 1. The van der Waals surface area contributed by atoms with E-state index in [1.165, 1.54) is 6.20 Å². The third-order valence-corrected chi connectivity index (χ3v) is 4.76. The van der Waals surface area contributed by atoms with Gasteiger partial charge in [-0.25, -0.2) is 0 Å². The monoisotopic (exact) mass is 306 g/mol. The smallest absolute Gasteiger partial charge is 0.292 e. The van der Waals surface area contributed by atoms with Crippen LogP contribution in [0.1, 0.15) is 30.8 Å². The van der Waals surface area contributed by atoms with Crippen LogP contribution in [0.5, 0.6) is 0 Å². The van der Waals surface area contributed by atoms with Crippen LogP contribution in [-0.4, -0.2) is 65.0 Å².